The minimum atomic E-state index is -0.425. The summed E-state index contributed by atoms with van der Waals surface area (Å²) in [5.41, 5.74) is 1.37. The van der Waals surface area contributed by atoms with Crippen LogP contribution in [0.2, 0.25) is 10.0 Å². The second-order valence-corrected chi connectivity index (χ2v) is 6.53. The van der Waals surface area contributed by atoms with Crippen molar-refractivity contribution in [1.82, 2.24) is 9.78 Å². The van der Waals surface area contributed by atoms with Crippen molar-refractivity contribution in [3.63, 3.8) is 0 Å². The van der Waals surface area contributed by atoms with Gasteiger partial charge in [0.1, 0.15) is 12.3 Å². The van der Waals surface area contributed by atoms with Crippen molar-refractivity contribution >= 4 is 34.8 Å². The number of aromatic nitrogens is 2. The molecule has 0 spiro atoms. The lowest BCUT2D eigenvalue weighted by molar-refractivity contribution is -0.117. The lowest BCUT2D eigenvalue weighted by Crippen LogP contribution is -2.29. The Bertz CT molecular complexity index is 1030. The van der Waals surface area contributed by atoms with Gasteiger partial charge in [0.05, 0.1) is 12.8 Å². The fraction of sp³-hybridized carbons (Fsp3) is 0.105. The topological polar surface area (TPSA) is 73.2 Å². The summed E-state index contributed by atoms with van der Waals surface area (Å²) in [5, 5.41) is 7.71. The number of benzene rings is 2. The van der Waals surface area contributed by atoms with Crippen molar-refractivity contribution in [3.8, 4) is 17.0 Å². The van der Waals surface area contributed by atoms with Gasteiger partial charge in [0.2, 0.25) is 5.91 Å². The molecule has 0 aliphatic heterocycles. The van der Waals surface area contributed by atoms with Crippen LogP contribution in [-0.2, 0) is 11.3 Å². The smallest absolute Gasteiger partial charge is 0.267 e. The summed E-state index contributed by atoms with van der Waals surface area (Å²) in [6.45, 7) is -0.249. The van der Waals surface area contributed by atoms with Gasteiger partial charge in [0, 0.05) is 27.4 Å². The molecular weight excluding hydrogens is 389 g/mol. The first-order valence-electron chi connectivity index (χ1n) is 7.93. The van der Waals surface area contributed by atoms with E-state index in [0.717, 1.165) is 10.2 Å². The maximum Gasteiger partial charge on any atom is 0.267 e. The SMILES string of the molecule is COc1cccc(-c2ccc(=O)n(CC(=O)Nc3cc(Cl)cc(Cl)c3)n2)c1. The quantitative estimate of drug-likeness (QED) is 0.701. The van der Waals surface area contributed by atoms with Gasteiger partial charge in [-0.1, -0.05) is 35.3 Å². The molecule has 27 heavy (non-hydrogen) atoms. The first kappa shape index (κ1) is 18.9. The van der Waals surface area contributed by atoms with Gasteiger partial charge >= 0.3 is 0 Å². The standard InChI is InChI=1S/C19H15Cl2N3O3/c1-27-16-4-2-3-12(7-16)17-5-6-19(26)24(23-17)11-18(25)22-15-9-13(20)8-14(21)10-15/h2-10H,11H2,1H3,(H,22,25). The maximum absolute atomic E-state index is 12.3. The number of nitrogens with zero attached hydrogens (tertiary/aromatic N) is 2. The number of carbonyl (C=O) groups is 1. The lowest BCUT2D eigenvalue weighted by atomic mass is 10.1. The number of hydrogen-bond acceptors (Lipinski definition) is 4. The second-order valence-electron chi connectivity index (χ2n) is 5.65. The Morgan fingerprint density at radius 1 is 1.11 bits per heavy atom. The highest BCUT2D eigenvalue weighted by Crippen LogP contribution is 2.23. The average molecular weight is 404 g/mol. The van der Waals surface area contributed by atoms with Crippen LogP contribution in [0.3, 0.4) is 0 Å². The lowest BCUT2D eigenvalue weighted by Gasteiger charge is -2.09. The van der Waals surface area contributed by atoms with Gasteiger partial charge in [-0.15, -0.1) is 0 Å². The van der Waals surface area contributed by atoms with Crippen LogP contribution in [0.4, 0.5) is 5.69 Å². The van der Waals surface area contributed by atoms with Gasteiger partial charge < -0.3 is 10.1 Å². The van der Waals surface area contributed by atoms with E-state index >= 15 is 0 Å². The first-order valence-corrected chi connectivity index (χ1v) is 8.69. The summed E-state index contributed by atoms with van der Waals surface area (Å²) < 4.78 is 6.29. The minimum absolute atomic E-state index is 0.249. The van der Waals surface area contributed by atoms with Gasteiger partial charge in [-0.2, -0.15) is 5.10 Å². The van der Waals surface area contributed by atoms with E-state index in [4.69, 9.17) is 27.9 Å². The van der Waals surface area contributed by atoms with Gasteiger partial charge in [-0.3, -0.25) is 9.59 Å². The van der Waals surface area contributed by atoms with Crippen LogP contribution in [0, 0.1) is 0 Å². The summed E-state index contributed by atoms with van der Waals surface area (Å²) in [4.78, 5) is 24.4. The summed E-state index contributed by atoms with van der Waals surface area (Å²) >= 11 is 11.8. The fourth-order valence-corrected chi connectivity index (χ4v) is 2.99. The Kier molecular flexibility index (Phi) is 5.78. The van der Waals surface area contributed by atoms with E-state index in [-0.39, 0.29) is 12.1 Å². The third-order valence-corrected chi connectivity index (χ3v) is 4.11. The van der Waals surface area contributed by atoms with E-state index in [9.17, 15) is 9.59 Å². The Labute approximate surface area is 165 Å². The molecule has 2 aromatic carbocycles. The molecule has 0 fully saturated rings. The number of anilines is 1. The maximum atomic E-state index is 12.3. The average Bonchev–Trinajstić information content (AvgIpc) is 2.62. The molecule has 8 heteroatoms. The molecule has 0 radical (unpaired) electrons. The van der Waals surface area contributed by atoms with E-state index in [1.165, 1.54) is 6.07 Å². The Balaban J connectivity index is 1.82. The summed E-state index contributed by atoms with van der Waals surface area (Å²) in [7, 11) is 1.57. The highest BCUT2D eigenvalue weighted by molar-refractivity contribution is 6.35. The van der Waals surface area contributed by atoms with E-state index in [2.05, 4.69) is 10.4 Å². The highest BCUT2D eigenvalue weighted by Gasteiger charge is 2.10. The number of ether oxygens (including phenoxy) is 1. The molecule has 1 aromatic heterocycles. The molecule has 6 nitrogen and oxygen atoms in total. The molecular formula is C19H15Cl2N3O3. The number of hydrogen-bond donors (Lipinski definition) is 1. The number of carbonyl (C=O) groups excluding carboxylic acids is 1. The summed E-state index contributed by atoms with van der Waals surface area (Å²) in [6, 6.07) is 14.9. The van der Waals surface area contributed by atoms with Gasteiger partial charge in [0.15, 0.2) is 0 Å². The minimum Gasteiger partial charge on any atom is -0.497 e. The van der Waals surface area contributed by atoms with E-state index in [0.29, 0.717) is 27.2 Å². The van der Waals surface area contributed by atoms with Crippen LogP contribution in [-0.4, -0.2) is 22.8 Å². The predicted molar refractivity (Wildman–Crippen MR) is 106 cm³/mol. The number of halogens is 2. The first-order chi connectivity index (χ1) is 12.9. The van der Waals surface area contributed by atoms with Gasteiger partial charge in [0.25, 0.3) is 5.56 Å². The highest BCUT2D eigenvalue weighted by atomic mass is 35.5. The van der Waals surface area contributed by atoms with Crippen molar-refractivity contribution in [1.29, 1.82) is 0 Å². The molecule has 3 rings (SSSR count). The van der Waals surface area contributed by atoms with E-state index in [1.54, 1.807) is 37.4 Å². The van der Waals surface area contributed by atoms with Crippen molar-refractivity contribution in [2.24, 2.45) is 0 Å². The Morgan fingerprint density at radius 2 is 1.85 bits per heavy atom. The number of rotatable bonds is 5. The van der Waals surface area contributed by atoms with Gasteiger partial charge in [-0.25, -0.2) is 4.68 Å². The van der Waals surface area contributed by atoms with Crippen molar-refractivity contribution in [3.05, 3.63) is 75.0 Å². The molecule has 0 atom stereocenters. The van der Waals surface area contributed by atoms with Crippen LogP contribution in [0.1, 0.15) is 0 Å². The zero-order valence-corrected chi connectivity index (χ0v) is 15.8. The molecule has 0 saturated heterocycles. The number of nitrogens with one attached hydrogen (secondary N) is 1. The number of methoxy groups -OCH3 is 1. The van der Waals surface area contributed by atoms with Crippen LogP contribution in [0.25, 0.3) is 11.3 Å². The summed E-state index contributed by atoms with van der Waals surface area (Å²) in [5.74, 6) is 0.244. The molecule has 1 amide bonds. The van der Waals surface area contributed by atoms with Crippen LogP contribution in [0.5, 0.6) is 5.75 Å². The molecule has 1 N–H and O–H groups in total. The molecule has 0 bridgehead atoms. The van der Waals surface area contributed by atoms with Gasteiger partial charge in [-0.05, 0) is 36.4 Å². The normalized spacial score (nSPS) is 10.5. The fourth-order valence-electron chi connectivity index (χ4n) is 2.46. The van der Waals surface area contributed by atoms with E-state index < -0.39 is 5.91 Å². The largest absolute Gasteiger partial charge is 0.497 e. The van der Waals surface area contributed by atoms with Crippen LogP contribution < -0.4 is 15.6 Å². The molecule has 0 unspecified atom stereocenters. The van der Waals surface area contributed by atoms with Crippen molar-refractivity contribution in [2.45, 2.75) is 6.54 Å². The van der Waals surface area contributed by atoms with Crippen LogP contribution >= 0.6 is 23.2 Å². The number of amides is 1. The predicted octanol–water partition coefficient (Wildman–Crippen LogP) is 3.86. The molecule has 3 aromatic rings. The Morgan fingerprint density at radius 3 is 2.56 bits per heavy atom. The van der Waals surface area contributed by atoms with Crippen LogP contribution in [0.15, 0.2) is 59.4 Å². The zero-order valence-electron chi connectivity index (χ0n) is 14.3. The van der Waals surface area contributed by atoms with Crippen molar-refractivity contribution < 1.29 is 9.53 Å². The molecule has 0 saturated carbocycles. The van der Waals surface area contributed by atoms with Crippen molar-refractivity contribution in [2.75, 3.05) is 12.4 Å². The molecule has 1 heterocycles. The third kappa shape index (κ3) is 4.87. The zero-order chi connectivity index (χ0) is 19.4. The molecule has 138 valence electrons. The molecule has 0 aliphatic carbocycles. The Hall–Kier alpha value is -2.83. The molecule has 0 aliphatic rings. The monoisotopic (exact) mass is 403 g/mol. The summed E-state index contributed by atoms with van der Waals surface area (Å²) in [6.07, 6.45) is 0. The van der Waals surface area contributed by atoms with E-state index in [1.807, 2.05) is 18.2 Å². The third-order valence-electron chi connectivity index (χ3n) is 3.67. The second kappa shape index (κ2) is 8.24.